The van der Waals surface area contributed by atoms with Crippen LogP contribution in [0.15, 0.2) is 0 Å². The van der Waals surface area contributed by atoms with Gasteiger partial charge >= 0.3 is 0 Å². The highest BCUT2D eigenvalue weighted by molar-refractivity contribution is 5.82. The summed E-state index contributed by atoms with van der Waals surface area (Å²) in [7, 11) is 0. The van der Waals surface area contributed by atoms with Gasteiger partial charge in [0.05, 0.1) is 18.2 Å². The first kappa shape index (κ1) is 12.8. The van der Waals surface area contributed by atoms with Crippen LogP contribution in [-0.2, 0) is 4.79 Å². The molecular weight excluding hydrogens is 216 g/mol. The van der Waals surface area contributed by atoms with Gasteiger partial charge in [-0.15, -0.1) is 0 Å². The number of rotatable bonds is 3. The minimum absolute atomic E-state index is 0.0294. The molecule has 17 heavy (non-hydrogen) atoms. The lowest BCUT2D eigenvalue weighted by atomic mass is 9.85. The van der Waals surface area contributed by atoms with Crippen molar-refractivity contribution in [2.24, 2.45) is 5.92 Å². The molecule has 0 spiro atoms. The van der Waals surface area contributed by atoms with Crippen LogP contribution in [-0.4, -0.2) is 35.2 Å². The maximum atomic E-state index is 12.1. The molecule has 2 rings (SSSR count). The van der Waals surface area contributed by atoms with Gasteiger partial charge < -0.3 is 15.7 Å². The summed E-state index contributed by atoms with van der Waals surface area (Å²) in [6, 6.07) is 0.477. The van der Waals surface area contributed by atoms with Gasteiger partial charge in [-0.3, -0.25) is 4.79 Å². The maximum Gasteiger partial charge on any atom is 0.237 e. The van der Waals surface area contributed by atoms with Crippen molar-refractivity contribution >= 4 is 5.91 Å². The van der Waals surface area contributed by atoms with Crippen molar-refractivity contribution in [3.63, 3.8) is 0 Å². The van der Waals surface area contributed by atoms with Crippen LogP contribution in [0.2, 0.25) is 0 Å². The van der Waals surface area contributed by atoms with E-state index in [0.29, 0.717) is 12.0 Å². The Bertz CT molecular complexity index is 277. The molecule has 98 valence electrons. The van der Waals surface area contributed by atoms with Crippen LogP contribution in [0.3, 0.4) is 0 Å². The van der Waals surface area contributed by atoms with Crippen LogP contribution >= 0.6 is 0 Å². The number of amides is 1. The first-order valence-electron chi connectivity index (χ1n) is 6.71. The molecule has 2 fully saturated rings. The van der Waals surface area contributed by atoms with Crippen molar-refractivity contribution in [2.75, 3.05) is 6.61 Å². The van der Waals surface area contributed by atoms with Gasteiger partial charge in [-0.25, -0.2) is 0 Å². The van der Waals surface area contributed by atoms with Gasteiger partial charge in [0.15, 0.2) is 0 Å². The quantitative estimate of drug-likeness (QED) is 0.683. The number of hydrogen-bond acceptors (Lipinski definition) is 3. The molecule has 1 saturated carbocycles. The lowest BCUT2D eigenvalue weighted by molar-refractivity contribution is -0.125. The fraction of sp³-hybridized carbons (Fsp3) is 0.923. The van der Waals surface area contributed by atoms with Crippen LogP contribution in [0, 0.1) is 5.92 Å². The van der Waals surface area contributed by atoms with E-state index in [1.165, 1.54) is 25.7 Å². The number of carbonyl (C=O) groups excluding carboxylic acids is 1. The van der Waals surface area contributed by atoms with Crippen molar-refractivity contribution in [1.29, 1.82) is 0 Å². The standard InChI is InChI=1S/C13H24N2O2/c1-13(2,8-16)15-12(17)11-7-9-5-3-4-6-10(9)14-11/h9-11,14,16H,3-8H2,1-2H3,(H,15,17). The normalized spacial score (nSPS) is 33.2. The molecule has 1 aliphatic heterocycles. The predicted octanol–water partition coefficient (Wildman–Crippen LogP) is 0.794. The van der Waals surface area contributed by atoms with Gasteiger partial charge in [-0.05, 0) is 39.0 Å². The zero-order chi connectivity index (χ0) is 12.5. The zero-order valence-corrected chi connectivity index (χ0v) is 10.8. The highest BCUT2D eigenvalue weighted by atomic mass is 16.3. The highest BCUT2D eigenvalue weighted by Gasteiger charge is 2.39. The second kappa shape index (κ2) is 4.94. The molecule has 1 amide bonds. The van der Waals surface area contributed by atoms with Gasteiger partial charge in [-0.2, -0.15) is 0 Å². The van der Waals surface area contributed by atoms with Crippen LogP contribution in [0.25, 0.3) is 0 Å². The Hall–Kier alpha value is -0.610. The van der Waals surface area contributed by atoms with E-state index < -0.39 is 5.54 Å². The van der Waals surface area contributed by atoms with Gasteiger partial charge in [0.25, 0.3) is 0 Å². The summed E-state index contributed by atoms with van der Waals surface area (Å²) in [6.07, 6.45) is 6.00. The van der Waals surface area contributed by atoms with E-state index in [2.05, 4.69) is 10.6 Å². The van der Waals surface area contributed by atoms with Crippen LogP contribution in [0.5, 0.6) is 0 Å². The summed E-state index contributed by atoms with van der Waals surface area (Å²) in [5.41, 5.74) is -0.521. The average Bonchev–Trinajstić information content (AvgIpc) is 2.72. The Morgan fingerprint density at radius 1 is 1.41 bits per heavy atom. The number of aliphatic hydroxyl groups excluding tert-OH is 1. The first-order chi connectivity index (χ1) is 8.02. The molecule has 0 radical (unpaired) electrons. The van der Waals surface area contributed by atoms with E-state index in [1.807, 2.05) is 13.8 Å². The molecule has 0 aromatic rings. The smallest absolute Gasteiger partial charge is 0.237 e. The molecule has 3 atom stereocenters. The van der Waals surface area contributed by atoms with E-state index in [9.17, 15) is 4.79 Å². The summed E-state index contributed by atoms with van der Waals surface area (Å²) in [4.78, 5) is 12.1. The second-order valence-electron chi connectivity index (χ2n) is 6.14. The third kappa shape index (κ3) is 2.99. The minimum Gasteiger partial charge on any atom is -0.394 e. The summed E-state index contributed by atoms with van der Waals surface area (Å²) in [5, 5.41) is 15.5. The predicted molar refractivity (Wildman–Crippen MR) is 66.6 cm³/mol. The van der Waals surface area contributed by atoms with Crippen molar-refractivity contribution < 1.29 is 9.90 Å². The third-order valence-electron chi connectivity index (χ3n) is 4.04. The summed E-state index contributed by atoms with van der Waals surface area (Å²) in [5.74, 6) is 0.718. The Kier molecular flexibility index (Phi) is 3.73. The molecular formula is C13H24N2O2. The Morgan fingerprint density at radius 3 is 2.76 bits per heavy atom. The fourth-order valence-corrected chi connectivity index (χ4v) is 2.98. The van der Waals surface area contributed by atoms with Crippen LogP contribution < -0.4 is 10.6 Å². The number of hydrogen-bond donors (Lipinski definition) is 3. The molecule has 0 aromatic heterocycles. The van der Waals surface area contributed by atoms with Crippen molar-refractivity contribution in [1.82, 2.24) is 10.6 Å². The Morgan fingerprint density at radius 2 is 2.12 bits per heavy atom. The van der Waals surface area contributed by atoms with E-state index >= 15 is 0 Å². The van der Waals surface area contributed by atoms with Gasteiger partial charge in [0.2, 0.25) is 5.91 Å². The summed E-state index contributed by atoms with van der Waals surface area (Å²) >= 11 is 0. The molecule has 4 nitrogen and oxygen atoms in total. The number of aliphatic hydroxyl groups is 1. The number of nitrogens with one attached hydrogen (secondary N) is 2. The molecule has 1 aliphatic carbocycles. The molecule has 4 heteroatoms. The maximum absolute atomic E-state index is 12.1. The van der Waals surface area contributed by atoms with Gasteiger partial charge in [0.1, 0.15) is 0 Å². The lowest BCUT2D eigenvalue weighted by Crippen LogP contribution is -2.52. The van der Waals surface area contributed by atoms with Crippen LogP contribution in [0.4, 0.5) is 0 Å². The Balaban J connectivity index is 1.89. The van der Waals surface area contributed by atoms with Crippen molar-refractivity contribution in [3.8, 4) is 0 Å². The van der Waals surface area contributed by atoms with E-state index in [1.54, 1.807) is 0 Å². The fourth-order valence-electron chi connectivity index (χ4n) is 2.98. The summed E-state index contributed by atoms with van der Waals surface area (Å²) < 4.78 is 0. The molecule has 3 N–H and O–H groups in total. The Labute approximate surface area is 103 Å². The highest BCUT2D eigenvalue weighted by Crippen LogP contribution is 2.33. The lowest BCUT2D eigenvalue weighted by Gasteiger charge is -2.26. The zero-order valence-electron chi connectivity index (χ0n) is 10.8. The van der Waals surface area contributed by atoms with E-state index in [4.69, 9.17) is 5.11 Å². The first-order valence-corrected chi connectivity index (χ1v) is 6.71. The van der Waals surface area contributed by atoms with Crippen LogP contribution in [0.1, 0.15) is 46.0 Å². The van der Waals surface area contributed by atoms with Gasteiger partial charge in [0, 0.05) is 6.04 Å². The minimum atomic E-state index is -0.521. The van der Waals surface area contributed by atoms with Crippen molar-refractivity contribution in [2.45, 2.75) is 63.6 Å². The number of fused-ring (bicyclic) bond motifs is 1. The SMILES string of the molecule is CC(C)(CO)NC(=O)C1CC2CCCCC2N1. The molecule has 3 unspecified atom stereocenters. The van der Waals surface area contributed by atoms with Gasteiger partial charge in [-0.1, -0.05) is 12.8 Å². The molecule has 0 aromatic carbocycles. The van der Waals surface area contributed by atoms with Crippen molar-refractivity contribution in [3.05, 3.63) is 0 Å². The average molecular weight is 240 g/mol. The third-order valence-corrected chi connectivity index (χ3v) is 4.04. The molecule has 1 saturated heterocycles. The topological polar surface area (TPSA) is 61.4 Å². The monoisotopic (exact) mass is 240 g/mol. The molecule has 2 aliphatic rings. The molecule has 0 bridgehead atoms. The summed E-state index contributed by atoms with van der Waals surface area (Å²) in [6.45, 7) is 3.65. The molecule has 1 heterocycles. The van der Waals surface area contributed by atoms with E-state index in [0.717, 1.165) is 6.42 Å². The second-order valence-corrected chi connectivity index (χ2v) is 6.14. The number of carbonyl (C=O) groups is 1. The largest absolute Gasteiger partial charge is 0.394 e. The van der Waals surface area contributed by atoms with E-state index in [-0.39, 0.29) is 18.6 Å².